The normalized spacial score (nSPS) is 13.8. The summed E-state index contributed by atoms with van der Waals surface area (Å²) in [6.07, 6.45) is 1.33. The third-order valence-electron chi connectivity index (χ3n) is 3.64. The summed E-state index contributed by atoms with van der Waals surface area (Å²) >= 11 is 0. The van der Waals surface area contributed by atoms with Crippen molar-refractivity contribution in [3.8, 4) is 11.1 Å². The Labute approximate surface area is 105 Å². The highest BCUT2D eigenvalue weighted by atomic mass is 19.1. The molecule has 0 heterocycles. The van der Waals surface area contributed by atoms with Gasteiger partial charge < -0.3 is 0 Å². The summed E-state index contributed by atoms with van der Waals surface area (Å²) in [6, 6.07) is 10.8. The second-order valence-corrected chi connectivity index (χ2v) is 4.67. The maximum absolute atomic E-state index is 13.6. The van der Waals surface area contributed by atoms with Crippen molar-refractivity contribution in [3.05, 3.63) is 58.9 Å². The molecule has 0 saturated carbocycles. The fourth-order valence-electron chi connectivity index (χ4n) is 2.64. The van der Waals surface area contributed by atoms with E-state index in [1.54, 1.807) is 13.0 Å². The van der Waals surface area contributed by atoms with Gasteiger partial charge in [-0.1, -0.05) is 30.3 Å². The van der Waals surface area contributed by atoms with Crippen LogP contribution in [0.4, 0.5) is 4.39 Å². The molecule has 18 heavy (non-hydrogen) atoms. The molecular formula is C16H13FO. The molecule has 0 spiro atoms. The number of carbonyl (C=O) groups excluding carboxylic acids is 1. The van der Waals surface area contributed by atoms with Gasteiger partial charge in [0.1, 0.15) is 5.82 Å². The first-order chi connectivity index (χ1) is 8.68. The Bertz CT molecular complexity index is 644. The van der Waals surface area contributed by atoms with Crippen LogP contribution in [0.3, 0.4) is 0 Å². The van der Waals surface area contributed by atoms with Gasteiger partial charge in [0.2, 0.25) is 0 Å². The molecule has 1 aliphatic rings. The lowest BCUT2D eigenvalue weighted by Gasteiger charge is -2.11. The summed E-state index contributed by atoms with van der Waals surface area (Å²) in [7, 11) is 0. The van der Waals surface area contributed by atoms with Crippen molar-refractivity contribution in [2.75, 3.05) is 0 Å². The third kappa shape index (κ3) is 1.57. The van der Waals surface area contributed by atoms with E-state index in [1.165, 1.54) is 6.07 Å². The molecule has 2 heteroatoms. The Hall–Kier alpha value is -1.96. The minimum Gasteiger partial charge on any atom is -0.294 e. The molecule has 0 radical (unpaired) electrons. The number of halogens is 1. The number of hydrogen-bond acceptors (Lipinski definition) is 1. The number of rotatable bonds is 1. The lowest BCUT2D eigenvalue weighted by atomic mass is 9.94. The van der Waals surface area contributed by atoms with E-state index < -0.39 is 0 Å². The fourth-order valence-corrected chi connectivity index (χ4v) is 2.64. The second kappa shape index (κ2) is 4.05. The lowest BCUT2D eigenvalue weighted by Crippen LogP contribution is -1.94. The zero-order valence-corrected chi connectivity index (χ0v) is 10.2. The number of carbonyl (C=O) groups is 1. The summed E-state index contributed by atoms with van der Waals surface area (Å²) in [5.74, 6) is -0.00432. The molecule has 2 aromatic rings. The van der Waals surface area contributed by atoms with E-state index in [0.29, 0.717) is 12.0 Å². The van der Waals surface area contributed by atoms with E-state index in [2.05, 4.69) is 0 Å². The summed E-state index contributed by atoms with van der Waals surface area (Å²) in [5.41, 5.74) is 4.40. The molecule has 2 aromatic carbocycles. The molecule has 0 aliphatic heterocycles. The van der Waals surface area contributed by atoms with Crippen LogP contribution in [0.15, 0.2) is 36.4 Å². The quantitative estimate of drug-likeness (QED) is 0.738. The molecule has 1 nitrogen and oxygen atoms in total. The Morgan fingerprint density at radius 1 is 0.944 bits per heavy atom. The van der Waals surface area contributed by atoms with Gasteiger partial charge in [0, 0.05) is 12.0 Å². The van der Waals surface area contributed by atoms with E-state index in [9.17, 15) is 9.18 Å². The van der Waals surface area contributed by atoms with Crippen LogP contribution in [-0.4, -0.2) is 5.78 Å². The zero-order valence-electron chi connectivity index (χ0n) is 10.2. The lowest BCUT2D eigenvalue weighted by molar-refractivity contribution is 0.0994. The van der Waals surface area contributed by atoms with E-state index in [1.807, 2.05) is 24.3 Å². The van der Waals surface area contributed by atoms with Gasteiger partial charge in [-0.25, -0.2) is 4.39 Å². The Balaban J connectivity index is 2.25. The van der Waals surface area contributed by atoms with E-state index in [0.717, 1.165) is 28.7 Å². The SMILES string of the molecule is Cc1c(F)cccc1-c1cccc2c1CCC2=O. The third-order valence-corrected chi connectivity index (χ3v) is 3.64. The number of fused-ring (bicyclic) bond motifs is 1. The highest BCUT2D eigenvalue weighted by molar-refractivity contribution is 6.02. The molecule has 0 N–H and O–H groups in total. The molecule has 90 valence electrons. The fraction of sp³-hybridized carbons (Fsp3) is 0.188. The molecule has 3 rings (SSSR count). The maximum atomic E-state index is 13.6. The number of ketones is 1. The van der Waals surface area contributed by atoms with Gasteiger partial charge in [0.25, 0.3) is 0 Å². The van der Waals surface area contributed by atoms with Crippen LogP contribution in [-0.2, 0) is 6.42 Å². The predicted octanol–water partition coefficient (Wildman–Crippen LogP) is 3.93. The van der Waals surface area contributed by atoms with Crippen LogP contribution in [0.5, 0.6) is 0 Å². The van der Waals surface area contributed by atoms with Crippen LogP contribution in [0, 0.1) is 12.7 Å². The smallest absolute Gasteiger partial charge is 0.163 e. The zero-order chi connectivity index (χ0) is 12.7. The van der Waals surface area contributed by atoms with Gasteiger partial charge in [0.05, 0.1) is 0 Å². The van der Waals surface area contributed by atoms with Gasteiger partial charge >= 0.3 is 0 Å². The Morgan fingerprint density at radius 2 is 1.61 bits per heavy atom. The number of hydrogen-bond donors (Lipinski definition) is 0. The molecule has 0 aromatic heterocycles. The highest BCUT2D eigenvalue weighted by Crippen LogP contribution is 2.34. The number of Topliss-reactive ketones (excluding diaryl/α,β-unsaturated/α-hetero) is 1. The summed E-state index contributed by atoms with van der Waals surface area (Å²) in [5, 5.41) is 0. The Kier molecular flexibility index (Phi) is 2.51. The van der Waals surface area contributed by atoms with Crippen molar-refractivity contribution in [3.63, 3.8) is 0 Å². The predicted molar refractivity (Wildman–Crippen MR) is 69.2 cm³/mol. The molecule has 1 aliphatic carbocycles. The standard InChI is InChI=1S/C16H13FO/c1-10-11(4-3-7-15(10)17)12-5-2-6-14-13(12)8-9-16(14)18/h2-7H,8-9H2,1H3. The second-order valence-electron chi connectivity index (χ2n) is 4.67. The van der Waals surface area contributed by atoms with Crippen LogP contribution in [0.1, 0.15) is 27.9 Å². The molecule has 0 atom stereocenters. The van der Waals surface area contributed by atoms with Crippen LogP contribution >= 0.6 is 0 Å². The number of benzene rings is 2. The van der Waals surface area contributed by atoms with E-state index in [4.69, 9.17) is 0 Å². The first kappa shape index (κ1) is 11.1. The molecule has 0 saturated heterocycles. The van der Waals surface area contributed by atoms with Crippen molar-refractivity contribution in [2.24, 2.45) is 0 Å². The van der Waals surface area contributed by atoms with Crippen LogP contribution in [0.25, 0.3) is 11.1 Å². The van der Waals surface area contributed by atoms with Gasteiger partial charge in [-0.3, -0.25) is 4.79 Å². The molecule has 0 fully saturated rings. The monoisotopic (exact) mass is 240 g/mol. The molecular weight excluding hydrogens is 227 g/mol. The van der Waals surface area contributed by atoms with E-state index in [-0.39, 0.29) is 11.6 Å². The largest absolute Gasteiger partial charge is 0.294 e. The van der Waals surface area contributed by atoms with Crippen molar-refractivity contribution >= 4 is 5.78 Å². The first-order valence-corrected chi connectivity index (χ1v) is 6.09. The van der Waals surface area contributed by atoms with Crippen LogP contribution in [0.2, 0.25) is 0 Å². The van der Waals surface area contributed by atoms with Gasteiger partial charge in [0.15, 0.2) is 5.78 Å². The molecule has 0 unspecified atom stereocenters. The Morgan fingerprint density at radius 3 is 2.44 bits per heavy atom. The van der Waals surface area contributed by atoms with Crippen LogP contribution < -0.4 is 0 Å². The minimum atomic E-state index is -0.200. The summed E-state index contributed by atoms with van der Waals surface area (Å²) in [4.78, 5) is 11.7. The maximum Gasteiger partial charge on any atom is 0.163 e. The van der Waals surface area contributed by atoms with Gasteiger partial charge in [-0.15, -0.1) is 0 Å². The first-order valence-electron chi connectivity index (χ1n) is 6.09. The summed E-state index contributed by atoms with van der Waals surface area (Å²) in [6.45, 7) is 1.78. The average Bonchev–Trinajstić information content (AvgIpc) is 2.75. The molecule has 0 amide bonds. The topological polar surface area (TPSA) is 17.1 Å². The van der Waals surface area contributed by atoms with Crippen molar-refractivity contribution in [2.45, 2.75) is 19.8 Å². The van der Waals surface area contributed by atoms with Gasteiger partial charge in [-0.05, 0) is 41.7 Å². The van der Waals surface area contributed by atoms with Gasteiger partial charge in [-0.2, -0.15) is 0 Å². The highest BCUT2D eigenvalue weighted by Gasteiger charge is 2.22. The van der Waals surface area contributed by atoms with E-state index >= 15 is 0 Å². The van der Waals surface area contributed by atoms with Crippen molar-refractivity contribution in [1.82, 2.24) is 0 Å². The van der Waals surface area contributed by atoms with Crippen molar-refractivity contribution in [1.29, 1.82) is 0 Å². The molecule has 0 bridgehead atoms. The van der Waals surface area contributed by atoms with Crippen molar-refractivity contribution < 1.29 is 9.18 Å². The minimum absolute atomic E-state index is 0.195. The average molecular weight is 240 g/mol. The summed E-state index contributed by atoms with van der Waals surface area (Å²) < 4.78 is 13.6.